The average Bonchev–Trinajstić information content (AvgIpc) is 3.00. The normalized spacial score (nSPS) is 12.4. The van der Waals surface area contributed by atoms with E-state index in [9.17, 15) is 23.1 Å². The number of nitriles is 1. The maximum absolute atomic E-state index is 13.2. The minimum Gasteiger partial charge on any atom is -0.497 e. The zero-order valence-electron chi connectivity index (χ0n) is 15.6. The van der Waals surface area contributed by atoms with Gasteiger partial charge in [0.25, 0.3) is 10.0 Å². The molecule has 3 rings (SSSR count). The minimum atomic E-state index is -4.34. The highest BCUT2D eigenvalue weighted by Crippen LogP contribution is 2.25. The van der Waals surface area contributed by atoms with Crippen molar-refractivity contribution in [3.8, 4) is 11.8 Å². The fraction of sp³-hybridized carbons (Fsp3) is 0.211. The van der Waals surface area contributed by atoms with Gasteiger partial charge < -0.3 is 9.84 Å². The molecule has 0 aliphatic heterocycles. The third kappa shape index (κ3) is 3.25. The van der Waals surface area contributed by atoms with Crippen LogP contribution in [0, 0.1) is 11.3 Å². The number of aliphatic carboxylic acids is 1. The van der Waals surface area contributed by atoms with Crippen LogP contribution in [0.1, 0.15) is 24.9 Å². The van der Waals surface area contributed by atoms with Gasteiger partial charge in [0.05, 0.1) is 34.7 Å². The molecule has 1 N–H and O–H groups in total. The van der Waals surface area contributed by atoms with Crippen LogP contribution in [0.5, 0.6) is 5.75 Å². The summed E-state index contributed by atoms with van der Waals surface area (Å²) in [6.45, 7) is 1.57. The molecule has 1 atom stereocenters. The van der Waals surface area contributed by atoms with Gasteiger partial charge in [-0.2, -0.15) is 9.23 Å². The Morgan fingerprint density at radius 3 is 2.38 bits per heavy atom. The second kappa shape index (κ2) is 7.44. The molecule has 1 unspecified atom stereocenters. The quantitative estimate of drug-likeness (QED) is 0.651. The Morgan fingerprint density at radius 2 is 1.86 bits per heavy atom. The number of fused-ring (bicyclic) bond motifs is 1. The van der Waals surface area contributed by atoms with Crippen molar-refractivity contribution in [1.29, 1.82) is 5.26 Å². The van der Waals surface area contributed by atoms with Gasteiger partial charge in [0.2, 0.25) is 0 Å². The van der Waals surface area contributed by atoms with Crippen molar-refractivity contribution in [3.63, 3.8) is 0 Å². The second-order valence-electron chi connectivity index (χ2n) is 6.18. The lowest BCUT2D eigenvalue weighted by Gasteiger charge is -2.11. The summed E-state index contributed by atoms with van der Waals surface area (Å²) in [5.74, 6) is -0.841. The number of imidazole rings is 1. The molecule has 150 valence electrons. The monoisotopic (exact) mass is 415 g/mol. The fourth-order valence-electron chi connectivity index (χ4n) is 3.12. The molecule has 0 fully saturated rings. The Bertz CT molecular complexity index is 1300. The van der Waals surface area contributed by atoms with E-state index in [2.05, 4.69) is 0 Å². The number of carboxylic acid groups (broad SMARTS) is 1. The second-order valence-corrected chi connectivity index (χ2v) is 7.96. The largest absolute Gasteiger partial charge is 0.497 e. The molecule has 0 saturated carbocycles. The summed E-state index contributed by atoms with van der Waals surface area (Å²) < 4.78 is 32.9. The Morgan fingerprint density at radius 1 is 1.21 bits per heavy atom. The Balaban J connectivity index is 2.39. The number of hydrogen-bond donors (Lipinski definition) is 1. The zero-order chi connectivity index (χ0) is 21.3. The predicted octanol–water partition coefficient (Wildman–Crippen LogP) is 1.96. The van der Waals surface area contributed by atoms with E-state index < -0.39 is 27.7 Å². The molecule has 0 amide bonds. The maximum Gasteiger partial charge on any atom is 0.344 e. The number of nitrogens with zero attached hydrogens (tertiary/aromatic N) is 3. The Hall–Kier alpha value is -3.58. The van der Waals surface area contributed by atoms with Gasteiger partial charge >= 0.3 is 11.7 Å². The fourth-order valence-corrected chi connectivity index (χ4v) is 4.51. The van der Waals surface area contributed by atoms with Crippen molar-refractivity contribution in [3.05, 3.63) is 58.5 Å². The summed E-state index contributed by atoms with van der Waals surface area (Å²) >= 11 is 0. The zero-order valence-corrected chi connectivity index (χ0v) is 16.4. The number of carboxylic acids is 1. The number of aromatic nitrogens is 2. The highest BCUT2D eigenvalue weighted by molar-refractivity contribution is 7.90. The molecule has 0 bridgehead atoms. The third-order valence-electron chi connectivity index (χ3n) is 4.54. The first-order valence-corrected chi connectivity index (χ1v) is 9.99. The predicted molar refractivity (Wildman–Crippen MR) is 103 cm³/mol. The van der Waals surface area contributed by atoms with Crippen molar-refractivity contribution in [2.45, 2.75) is 24.3 Å². The number of hydrogen-bond acceptors (Lipinski definition) is 6. The Kier molecular flexibility index (Phi) is 5.18. The van der Waals surface area contributed by atoms with Gasteiger partial charge in [0.15, 0.2) is 0 Å². The molecule has 1 aromatic heterocycles. The van der Waals surface area contributed by atoms with Gasteiger partial charge in [-0.1, -0.05) is 6.92 Å². The van der Waals surface area contributed by atoms with Crippen molar-refractivity contribution in [2.24, 2.45) is 0 Å². The first kappa shape index (κ1) is 20.2. The standard InChI is InChI=1S/C19H17N3O6S/c1-3-15(18(23)24)21-17-10-12(11-20)4-9-16(17)22(19(21)25)29(26,27)14-7-5-13(28-2)6-8-14/h4-10,15H,3H2,1-2H3,(H,23,24). The maximum atomic E-state index is 13.2. The van der Waals surface area contributed by atoms with Gasteiger partial charge in [-0.25, -0.2) is 18.0 Å². The summed E-state index contributed by atoms with van der Waals surface area (Å²) in [7, 11) is -2.90. The number of rotatable bonds is 6. The lowest BCUT2D eigenvalue weighted by atomic mass is 10.2. The van der Waals surface area contributed by atoms with Crippen LogP contribution < -0.4 is 10.4 Å². The Labute approximate surface area is 166 Å². The van der Waals surface area contributed by atoms with Gasteiger partial charge in [0, 0.05) is 0 Å². The number of methoxy groups -OCH3 is 1. The van der Waals surface area contributed by atoms with Gasteiger partial charge in [0.1, 0.15) is 11.8 Å². The van der Waals surface area contributed by atoms with E-state index in [1.807, 2.05) is 6.07 Å². The van der Waals surface area contributed by atoms with Crippen molar-refractivity contribution >= 4 is 27.0 Å². The topological polar surface area (TPSA) is 131 Å². The molecule has 0 saturated heterocycles. The summed E-state index contributed by atoms with van der Waals surface area (Å²) in [6.07, 6.45) is 0.0493. The number of ether oxygens (including phenoxy) is 1. The van der Waals surface area contributed by atoms with E-state index >= 15 is 0 Å². The van der Waals surface area contributed by atoms with Crippen LogP contribution in [0.25, 0.3) is 11.0 Å². The van der Waals surface area contributed by atoms with Crippen LogP contribution in [-0.2, 0) is 14.8 Å². The molecule has 0 radical (unpaired) electrons. The van der Waals surface area contributed by atoms with Gasteiger partial charge in [-0.05, 0) is 48.9 Å². The summed E-state index contributed by atoms with van der Waals surface area (Å²) in [5.41, 5.74) is -0.796. The number of benzene rings is 2. The highest BCUT2D eigenvalue weighted by Gasteiger charge is 2.30. The minimum absolute atomic E-state index is 0.00971. The van der Waals surface area contributed by atoms with Gasteiger partial charge in [-0.3, -0.25) is 4.57 Å². The van der Waals surface area contributed by atoms with Crippen molar-refractivity contribution in [1.82, 2.24) is 8.54 Å². The first-order valence-electron chi connectivity index (χ1n) is 8.55. The average molecular weight is 415 g/mol. The molecule has 2 aromatic carbocycles. The summed E-state index contributed by atoms with van der Waals surface area (Å²) in [6, 6.07) is 10.1. The third-order valence-corrected chi connectivity index (χ3v) is 6.25. The molecular weight excluding hydrogens is 398 g/mol. The SMILES string of the molecule is CCC(C(=O)O)n1c(=O)n(S(=O)(=O)c2ccc(OC)cc2)c2ccc(C#N)cc21. The molecule has 29 heavy (non-hydrogen) atoms. The van der Waals surface area contributed by atoms with Crippen LogP contribution in [0.3, 0.4) is 0 Å². The van der Waals surface area contributed by atoms with Crippen molar-refractivity contribution in [2.75, 3.05) is 7.11 Å². The van der Waals surface area contributed by atoms with Gasteiger partial charge in [-0.15, -0.1) is 0 Å². The first-order chi connectivity index (χ1) is 13.8. The molecule has 0 aliphatic carbocycles. The molecule has 3 aromatic rings. The molecule has 0 spiro atoms. The van der Waals surface area contributed by atoms with Crippen LogP contribution in [0.15, 0.2) is 52.2 Å². The smallest absolute Gasteiger partial charge is 0.344 e. The summed E-state index contributed by atoms with van der Waals surface area (Å²) in [4.78, 5) is 24.6. The molecular formula is C19H17N3O6S. The summed E-state index contributed by atoms with van der Waals surface area (Å²) in [5, 5.41) is 18.7. The highest BCUT2D eigenvalue weighted by atomic mass is 32.2. The van der Waals surface area contributed by atoms with E-state index in [1.165, 1.54) is 49.6 Å². The number of carbonyl (C=O) groups is 1. The van der Waals surface area contributed by atoms with E-state index in [0.29, 0.717) is 9.72 Å². The van der Waals surface area contributed by atoms with Crippen LogP contribution in [-0.4, -0.2) is 35.1 Å². The van der Waals surface area contributed by atoms with Crippen molar-refractivity contribution < 1.29 is 23.1 Å². The lowest BCUT2D eigenvalue weighted by molar-refractivity contribution is -0.141. The van der Waals surface area contributed by atoms with E-state index in [1.54, 1.807) is 6.92 Å². The van der Waals surface area contributed by atoms with E-state index in [4.69, 9.17) is 10.00 Å². The van der Waals surface area contributed by atoms with Crippen LogP contribution >= 0.6 is 0 Å². The molecule has 1 heterocycles. The van der Waals surface area contributed by atoms with Crippen LogP contribution in [0.2, 0.25) is 0 Å². The lowest BCUT2D eigenvalue weighted by Crippen LogP contribution is -2.33. The van der Waals surface area contributed by atoms with E-state index in [0.717, 1.165) is 4.57 Å². The van der Waals surface area contributed by atoms with E-state index in [-0.39, 0.29) is 27.9 Å². The molecule has 10 heteroatoms. The van der Waals surface area contributed by atoms with Crippen LogP contribution in [0.4, 0.5) is 0 Å². The molecule has 0 aliphatic rings. The molecule has 9 nitrogen and oxygen atoms in total.